The molecule has 69 heavy (non-hydrogen) atoms. The highest BCUT2D eigenvalue weighted by molar-refractivity contribution is 5.68. The maximum atomic E-state index is 15.5. The molecule has 18 atom stereocenters. The molecule has 1 amide bonds. The first-order valence-corrected chi connectivity index (χ1v) is 21.5. The van der Waals surface area contributed by atoms with Crippen molar-refractivity contribution < 1.29 is 67.9 Å². The van der Waals surface area contributed by atoms with E-state index in [2.05, 4.69) is 50.1 Å². The standard InChI is InChI=1S/C39H49FN16O13/c40-14-24(56(16-19-7-3-1-4-8-19)39(62)63-18-20-9-5-2-6-10-20)25-12-11-21(47-52-42)36(64-25)67-33-23(49-54-44)13-22(48-53-43)29(58)35(33)69-38-32(61)34(27(17-57)66-38)68-37-28(50-55-45)31(60)30(59)26(65-37)15-46-51-41/h1-10,21-38,57-61H,11-18H2/t21-,22-,23+,24?,25+,26+,27-,28-,29+,30-,31-,32-,33-,34-,35-,36-,37-,38+/m1/s1. The third-order valence-corrected chi connectivity index (χ3v) is 12.0. The molecule has 6 rings (SSSR count). The fourth-order valence-electron chi connectivity index (χ4n) is 8.59. The summed E-state index contributed by atoms with van der Waals surface area (Å²) in [4.78, 5) is 28.9. The quantitative estimate of drug-likeness (QED) is 0.0708. The van der Waals surface area contributed by atoms with E-state index in [9.17, 15) is 52.5 Å². The Balaban J connectivity index is 1.28. The van der Waals surface area contributed by atoms with Crippen LogP contribution < -0.4 is 0 Å². The maximum absolute atomic E-state index is 15.5. The van der Waals surface area contributed by atoms with Crippen molar-refractivity contribution in [2.45, 2.75) is 143 Å². The summed E-state index contributed by atoms with van der Waals surface area (Å²) in [6.07, 6.45) is -22.9. The van der Waals surface area contributed by atoms with Gasteiger partial charge in [0.15, 0.2) is 18.9 Å². The van der Waals surface area contributed by atoms with Crippen molar-refractivity contribution in [1.82, 2.24) is 4.90 Å². The van der Waals surface area contributed by atoms with Crippen LogP contribution in [0.1, 0.15) is 30.4 Å². The summed E-state index contributed by atoms with van der Waals surface area (Å²) in [5, 5.41) is 73.2. The van der Waals surface area contributed by atoms with Crippen LogP contribution in [0.3, 0.4) is 0 Å². The minimum atomic E-state index is -1.93. The van der Waals surface area contributed by atoms with Gasteiger partial charge in [0.25, 0.3) is 0 Å². The lowest BCUT2D eigenvalue weighted by atomic mass is 9.84. The Morgan fingerprint density at radius 3 is 1.93 bits per heavy atom. The molecule has 3 heterocycles. The van der Waals surface area contributed by atoms with Gasteiger partial charge in [-0.25, -0.2) is 9.18 Å². The highest BCUT2D eigenvalue weighted by Gasteiger charge is 2.55. The van der Waals surface area contributed by atoms with Crippen molar-refractivity contribution in [1.29, 1.82) is 0 Å². The van der Waals surface area contributed by atoms with Crippen LogP contribution in [0, 0.1) is 0 Å². The van der Waals surface area contributed by atoms with Crippen LogP contribution in [0.2, 0.25) is 0 Å². The van der Waals surface area contributed by atoms with E-state index in [0.717, 1.165) is 0 Å². The van der Waals surface area contributed by atoms with E-state index >= 15 is 4.39 Å². The van der Waals surface area contributed by atoms with Gasteiger partial charge in [0.2, 0.25) is 0 Å². The van der Waals surface area contributed by atoms with Crippen LogP contribution in [0.5, 0.6) is 0 Å². The van der Waals surface area contributed by atoms with Gasteiger partial charge in [0, 0.05) is 31.1 Å². The molecule has 0 radical (unpaired) electrons. The predicted octanol–water partition coefficient (Wildman–Crippen LogP) is 4.14. The van der Waals surface area contributed by atoms with Gasteiger partial charge >= 0.3 is 6.09 Å². The SMILES string of the molecule is [N-]=[N+]=NC[C@@H]1O[C@H](O[C@H]2[C@@H](O)[C@H](O[C@@H]3[C@@H](O)[C@H](N=[N+]=[N-])C[C@H](N=[N+]=[N-])[C@H]3O[C@H]3O[C@H](C(CF)N(Cc4ccccc4)C(=O)OCc4ccccc4)CC[C@H]3N=[N+]=[N-])O[C@@H]2CO)[C@H](N=[N+]=[N-])[C@@H](O)[C@@H]1O. The maximum Gasteiger partial charge on any atom is 0.410 e. The van der Waals surface area contributed by atoms with Crippen LogP contribution in [0.4, 0.5) is 9.18 Å². The zero-order valence-electron chi connectivity index (χ0n) is 36.4. The van der Waals surface area contributed by atoms with Gasteiger partial charge in [-0.1, -0.05) is 86.2 Å². The van der Waals surface area contributed by atoms with Gasteiger partial charge in [-0.3, -0.25) is 4.90 Å². The first kappa shape index (κ1) is 52.1. The molecule has 4 aliphatic rings. The lowest BCUT2D eigenvalue weighted by Crippen LogP contribution is -2.61. The van der Waals surface area contributed by atoms with Crippen molar-refractivity contribution in [2.75, 3.05) is 19.8 Å². The largest absolute Gasteiger partial charge is 0.445 e. The van der Waals surface area contributed by atoms with E-state index in [1.807, 2.05) is 0 Å². The Hall–Kier alpha value is -6.25. The molecule has 2 aromatic carbocycles. The summed E-state index contributed by atoms with van der Waals surface area (Å²) < 4.78 is 57.4. The van der Waals surface area contributed by atoms with Gasteiger partial charge in [-0.2, -0.15) is 0 Å². The highest BCUT2D eigenvalue weighted by Crippen LogP contribution is 2.38. The minimum absolute atomic E-state index is 0.000359. The zero-order valence-corrected chi connectivity index (χ0v) is 36.4. The van der Waals surface area contributed by atoms with Crippen LogP contribution >= 0.6 is 0 Å². The Labute approximate surface area is 390 Å². The molecule has 5 N–H and O–H groups in total. The van der Waals surface area contributed by atoms with Crippen LogP contribution in [-0.4, -0.2) is 166 Å². The molecule has 1 aliphatic carbocycles. The number of amides is 1. The number of rotatable bonds is 20. The van der Waals surface area contributed by atoms with Crippen molar-refractivity contribution in [3.8, 4) is 0 Å². The summed E-state index contributed by atoms with van der Waals surface area (Å²) in [6, 6.07) is 10.7. The van der Waals surface area contributed by atoms with Crippen molar-refractivity contribution in [3.63, 3.8) is 0 Å². The lowest BCUT2D eigenvalue weighted by Gasteiger charge is -2.46. The van der Waals surface area contributed by atoms with E-state index in [1.54, 1.807) is 60.7 Å². The minimum Gasteiger partial charge on any atom is -0.445 e. The molecule has 2 aromatic rings. The number of aliphatic hydroxyl groups is 5. The molecule has 29 nitrogen and oxygen atoms in total. The Bertz CT molecular complexity index is 2250. The molecule has 3 saturated heterocycles. The number of halogens is 1. The Kier molecular flexibility index (Phi) is 19.2. The predicted molar refractivity (Wildman–Crippen MR) is 230 cm³/mol. The summed E-state index contributed by atoms with van der Waals surface area (Å²) in [6.45, 7) is -2.77. The number of hydrogen-bond donors (Lipinski definition) is 5. The second kappa shape index (κ2) is 25.4. The van der Waals surface area contributed by atoms with Gasteiger partial charge in [-0.15, -0.1) is 0 Å². The molecule has 0 spiro atoms. The molecule has 4 fully saturated rings. The number of azide groups is 5. The topological polar surface area (TPSA) is 430 Å². The third kappa shape index (κ3) is 12.7. The first-order chi connectivity index (χ1) is 33.5. The van der Waals surface area contributed by atoms with Gasteiger partial charge in [0.05, 0.1) is 67.8 Å². The smallest absolute Gasteiger partial charge is 0.410 e. The molecule has 0 aromatic heterocycles. The number of carbonyl (C=O) groups is 1. The Morgan fingerprint density at radius 2 is 1.29 bits per heavy atom. The van der Waals surface area contributed by atoms with Crippen LogP contribution in [0.15, 0.2) is 86.2 Å². The zero-order chi connectivity index (χ0) is 49.5. The molecular formula is C39H49FN16O13. The average Bonchev–Trinajstić information content (AvgIpc) is 3.66. The fraction of sp³-hybridized carbons (Fsp3) is 0.667. The van der Waals surface area contributed by atoms with E-state index in [0.29, 0.717) is 11.1 Å². The number of ether oxygens (including phenoxy) is 7. The Morgan fingerprint density at radius 1 is 0.681 bits per heavy atom. The molecule has 0 bridgehead atoms. The third-order valence-electron chi connectivity index (χ3n) is 12.0. The molecule has 30 heteroatoms. The van der Waals surface area contributed by atoms with Crippen LogP contribution in [0.25, 0.3) is 52.2 Å². The normalized spacial score (nSPS) is 34.5. The average molecular weight is 969 g/mol. The second-order valence-corrected chi connectivity index (χ2v) is 16.2. The van der Waals surface area contributed by atoms with Gasteiger partial charge in [-0.05, 0) is 58.0 Å². The van der Waals surface area contributed by atoms with E-state index in [1.165, 1.54) is 4.90 Å². The summed E-state index contributed by atoms with van der Waals surface area (Å²) in [5.74, 6) is 0. The molecular weight excluding hydrogens is 920 g/mol. The highest BCUT2D eigenvalue weighted by atomic mass is 19.1. The summed E-state index contributed by atoms with van der Waals surface area (Å²) in [5.41, 5.74) is 48.0. The van der Waals surface area contributed by atoms with E-state index < -0.39 is 136 Å². The first-order valence-electron chi connectivity index (χ1n) is 21.5. The monoisotopic (exact) mass is 968 g/mol. The fourth-order valence-corrected chi connectivity index (χ4v) is 8.59. The number of alkyl halides is 1. The number of benzene rings is 2. The van der Waals surface area contributed by atoms with E-state index in [4.69, 9.17) is 38.7 Å². The van der Waals surface area contributed by atoms with E-state index in [-0.39, 0.29) is 32.4 Å². The number of aliphatic hydroxyl groups excluding tert-OH is 5. The summed E-state index contributed by atoms with van der Waals surface area (Å²) in [7, 11) is 0. The van der Waals surface area contributed by atoms with Crippen LogP contribution in [-0.2, 0) is 46.3 Å². The number of hydrogen-bond acceptors (Lipinski definition) is 18. The number of carbonyl (C=O) groups excluding carboxylic acids is 1. The van der Waals surface area contributed by atoms with Crippen molar-refractivity contribution in [3.05, 3.63) is 124 Å². The molecule has 1 saturated carbocycles. The molecule has 1 unspecified atom stereocenters. The lowest BCUT2D eigenvalue weighted by molar-refractivity contribution is -0.292. The van der Waals surface area contributed by atoms with Crippen molar-refractivity contribution in [2.24, 2.45) is 25.6 Å². The van der Waals surface area contributed by atoms with Crippen molar-refractivity contribution >= 4 is 6.09 Å². The number of nitrogens with zero attached hydrogens (tertiary/aromatic N) is 16. The van der Waals surface area contributed by atoms with Gasteiger partial charge < -0.3 is 58.7 Å². The molecule has 370 valence electrons. The van der Waals surface area contributed by atoms with Gasteiger partial charge in [0.1, 0.15) is 49.8 Å². The summed E-state index contributed by atoms with van der Waals surface area (Å²) >= 11 is 0. The molecule has 3 aliphatic heterocycles. The second-order valence-electron chi connectivity index (χ2n) is 16.2.